The molecule has 2 heterocycles. The Morgan fingerprint density at radius 3 is 2.89 bits per heavy atom. The van der Waals surface area contributed by atoms with Crippen LogP contribution in [0.3, 0.4) is 0 Å². The summed E-state index contributed by atoms with van der Waals surface area (Å²) >= 11 is 6.16. The molecule has 1 amide bonds. The number of carbonyl (C=O) groups is 1. The van der Waals surface area contributed by atoms with E-state index in [9.17, 15) is 4.79 Å². The number of carbonyl (C=O) groups excluding carboxylic acids is 1. The summed E-state index contributed by atoms with van der Waals surface area (Å²) in [5.41, 5.74) is 1.44. The average molecular weight is 281 g/mol. The molecule has 0 aliphatic rings. The summed E-state index contributed by atoms with van der Waals surface area (Å²) in [6.45, 7) is 6.14. The van der Waals surface area contributed by atoms with E-state index >= 15 is 0 Å². The van der Waals surface area contributed by atoms with E-state index < -0.39 is 6.04 Å². The number of alkyl halides is 1. The smallest absolute Gasteiger partial charge is 0.242 e. The molecule has 0 bridgehead atoms. The highest BCUT2D eigenvalue weighted by atomic mass is 35.5. The van der Waals surface area contributed by atoms with Gasteiger partial charge in [0.05, 0.1) is 5.38 Å². The van der Waals surface area contributed by atoms with E-state index in [1.165, 1.54) is 0 Å². The van der Waals surface area contributed by atoms with Gasteiger partial charge in [-0.2, -0.15) is 0 Å². The van der Waals surface area contributed by atoms with Gasteiger partial charge in [0.1, 0.15) is 17.4 Å². The van der Waals surface area contributed by atoms with Gasteiger partial charge in [0.25, 0.3) is 0 Å². The molecule has 0 saturated carbocycles. The standard InChI is InChI=1S/C13H17ClN4O/c1-4-15-13(19)9(3)18-11(8(2)14)17-10-6-5-7-16-12(10)18/h5-9H,4H2,1-3H3,(H,15,19). The van der Waals surface area contributed by atoms with Gasteiger partial charge in [0.15, 0.2) is 5.65 Å². The first-order valence-corrected chi connectivity index (χ1v) is 6.74. The number of pyridine rings is 1. The Labute approximate surface area is 117 Å². The van der Waals surface area contributed by atoms with Gasteiger partial charge >= 0.3 is 0 Å². The third kappa shape index (κ3) is 2.56. The Morgan fingerprint density at radius 1 is 1.53 bits per heavy atom. The van der Waals surface area contributed by atoms with Gasteiger partial charge in [-0.25, -0.2) is 9.97 Å². The molecule has 0 spiro atoms. The number of likely N-dealkylation sites (N-methyl/N-ethyl adjacent to an activating group) is 1. The molecule has 2 aromatic heterocycles. The summed E-state index contributed by atoms with van der Waals surface area (Å²) in [6.07, 6.45) is 1.69. The molecule has 6 heteroatoms. The molecule has 2 atom stereocenters. The van der Waals surface area contributed by atoms with Crippen LogP contribution in [0.4, 0.5) is 0 Å². The highest BCUT2D eigenvalue weighted by molar-refractivity contribution is 6.20. The molecule has 0 aromatic carbocycles. The summed E-state index contributed by atoms with van der Waals surface area (Å²) in [6, 6.07) is 3.29. The molecule has 2 unspecified atom stereocenters. The van der Waals surface area contributed by atoms with Crippen LogP contribution in [-0.4, -0.2) is 27.0 Å². The van der Waals surface area contributed by atoms with E-state index in [0.29, 0.717) is 18.0 Å². The molecule has 0 fully saturated rings. The minimum Gasteiger partial charge on any atom is -0.355 e. The van der Waals surface area contributed by atoms with Crippen LogP contribution in [-0.2, 0) is 4.79 Å². The van der Waals surface area contributed by atoms with E-state index in [0.717, 1.165) is 5.52 Å². The van der Waals surface area contributed by atoms with Gasteiger partial charge in [-0.3, -0.25) is 9.36 Å². The molecule has 0 aliphatic heterocycles. The van der Waals surface area contributed by atoms with E-state index in [-0.39, 0.29) is 11.3 Å². The zero-order chi connectivity index (χ0) is 14.0. The maximum Gasteiger partial charge on any atom is 0.242 e. The second-order valence-corrected chi connectivity index (χ2v) is 5.03. The van der Waals surface area contributed by atoms with Crippen molar-refractivity contribution in [3.63, 3.8) is 0 Å². The largest absolute Gasteiger partial charge is 0.355 e. The first kappa shape index (κ1) is 13.8. The van der Waals surface area contributed by atoms with Crippen molar-refractivity contribution in [2.45, 2.75) is 32.2 Å². The Bertz CT molecular complexity index is 593. The van der Waals surface area contributed by atoms with Crippen LogP contribution in [0.2, 0.25) is 0 Å². The zero-order valence-electron chi connectivity index (χ0n) is 11.2. The second kappa shape index (κ2) is 5.57. The number of hydrogen-bond acceptors (Lipinski definition) is 3. The zero-order valence-corrected chi connectivity index (χ0v) is 12.0. The number of imidazole rings is 1. The van der Waals surface area contributed by atoms with Crippen molar-refractivity contribution in [3.05, 3.63) is 24.2 Å². The number of fused-ring (bicyclic) bond motifs is 1. The lowest BCUT2D eigenvalue weighted by Crippen LogP contribution is -2.31. The van der Waals surface area contributed by atoms with Crippen LogP contribution in [0, 0.1) is 0 Å². The number of aromatic nitrogens is 3. The quantitative estimate of drug-likeness (QED) is 0.875. The topological polar surface area (TPSA) is 59.8 Å². The lowest BCUT2D eigenvalue weighted by atomic mass is 10.3. The maximum atomic E-state index is 12.0. The molecule has 1 N–H and O–H groups in total. The normalized spacial score (nSPS) is 14.3. The third-order valence-corrected chi connectivity index (χ3v) is 3.14. The highest BCUT2D eigenvalue weighted by Crippen LogP contribution is 2.26. The molecule has 0 radical (unpaired) electrons. The summed E-state index contributed by atoms with van der Waals surface area (Å²) in [5.74, 6) is 0.597. The van der Waals surface area contributed by atoms with Gasteiger partial charge in [-0.15, -0.1) is 11.6 Å². The van der Waals surface area contributed by atoms with Crippen LogP contribution in [0.1, 0.15) is 38.0 Å². The molecule has 0 saturated heterocycles. The minimum absolute atomic E-state index is 0.0639. The first-order valence-electron chi connectivity index (χ1n) is 6.30. The van der Waals surface area contributed by atoms with Gasteiger partial charge in [0.2, 0.25) is 5.91 Å². The van der Waals surface area contributed by atoms with Gasteiger partial charge in [0, 0.05) is 12.7 Å². The van der Waals surface area contributed by atoms with Crippen molar-refractivity contribution in [2.24, 2.45) is 0 Å². The van der Waals surface area contributed by atoms with Gasteiger partial charge in [-0.1, -0.05) is 0 Å². The number of hydrogen-bond donors (Lipinski definition) is 1. The van der Waals surface area contributed by atoms with Crippen molar-refractivity contribution in [2.75, 3.05) is 6.54 Å². The number of nitrogens with zero attached hydrogens (tertiary/aromatic N) is 3. The third-order valence-electron chi connectivity index (χ3n) is 2.95. The molecule has 0 aliphatic carbocycles. The summed E-state index contributed by atoms with van der Waals surface area (Å²) in [4.78, 5) is 20.8. The Hall–Kier alpha value is -1.62. The van der Waals surface area contributed by atoms with E-state index in [1.54, 1.807) is 10.8 Å². The lowest BCUT2D eigenvalue weighted by molar-refractivity contribution is -0.123. The molecule has 2 aromatic rings. The number of amides is 1. The predicted octanol–water partition coefficient (Wildman–Crippen LogP) is 2.43. The van der Waals surface area contributed by atoms with Crippen LogP contribution in [0.25, 0.3) is 11.2 Å². The summed E-state index contributed by atoms with van der Waals surface area (Å²) in [7, 11) is 0. The Kier molecular flexibility index (Phi) is 4.04. The van der Waals surface area contributed by atoms with Gasteiger partial charge < -0.3 is 5.32 Å². The molecule has 19 heavy (non-hydrogen) atoms. The average Bonchev–Trinajstić information content (AvgIpc) is 2.77. The lowest BCUT2D eigenvalue weighted by Gasteiger charge is -2.17. The van der Waals surface area contributed by atoms with Crippen molar-refractivity contribution >= 4 is 28.7 Å². The number of rotatable bonds is 4. The van der Waals surface area contributed by atoms with Crippen LogP contribution in [0.5, 0.6) is 0 Å². The van der Waals surface area contributed by atoms with Crippen LogP contribution >= 0.6 is 11.6 Å². The summed E-state index contributed by atoms with van der Waals surface area (Å²) < 4.78 is 1.80. The Morgan fingerprint density at radius 2 is 2.26 bits per heavy atom. The van der Waals surface area contributed by atoms with Crippen LogP contribution in [0.15, 0.2) is 18.3 Å². The highest BCUT2D eigenvalue weighted by Gasteiger charge is 2.23. The number of nitrogens with one attached hydrogen (secondary N) is 1. The van der Waals surface area contributed by atoms with Gasteiger partial charge in [-0.05, 0) is 32.9 Å². The van der Waals surface area contributed by atoms with Crippen molar-refractivity contribution in [1.82, 2.24) is 19.9 Å². The summed E-state index contributed by atoms with van der Waals surface area (Å²) in [5, 5.41) is 2.52. The molecule has 102 valence electrons. The van der Waals surface area contributed by atoms with Crippen LogP contribution < -0.4 is 5.32 Å². The molecular formula is C13H17ClN4O. The Balaban J connectivity index is 2.56. The second-order valence-electron chi connectivity index (χ2n) is 4.37. The predicted molar refractivity (Wildman–Crippen MR) is 75.2 cm³/mol. The van der Waals surface area contributed by atoms with E-state index in [1.807, 2.05) is 32.9 Å². The monoisotopic (exact) mass is 280 g/mol. The van der Waals surface area contributed by atoms with Crippen molar-refractivity contribution in [3.8, 4) is 0 Å². The maximum absolute atomic E-state index is 12.0. The molecule has 2 rings (SSSR count). The fraction of sp³-hybridized carbons (Fsp3) is 0.462. The molecular weight excluding hydrogens is 264 g/mol. The van der Waals surface area contributed by atoms with E-state index in [4.69, 9.17) is 11.6 Å². The van der Waals surface area contributed by atoms with Crippen molar-refractivity contribution in [1.29, 1.82) is 0 Å². The fourth-order valence-corrected chi connectivity index (χ4v) is 2.20. The minimum atomic E-state index is -0.393. The molecule has 5 nitrogen and oxygen atoms in total. The SMILES string of the molecule is CCNC(=O)C(C)n1c(C(C)Cl)nc2cccnc21. The first-order chi connectivity index (χ1) is 9.06. The fourth-order valence-electron chi connectivity index (χ4n) is 2.05. The number of halogens is 1. The van der Waals surface area contributed by atoms with Crippen molar-refractivity contribution < 1.29 is 4.79 Å². The van der Waals surface area contributed by atoms with E-state index in [2.05, 4.69) is 15.3 Å².